The van der Waals surface area contributed by atoms with Crippen LogP contribution in [0, 0.1) is 0 Å². The van der Waals surface area contributed by atoms with E-state index in [1.54, 1.807) is 0 Å². The zero-order chi connectivity index (χ0) is 52.5. The SMILES string of the molecule is CCCCCCCCCCCCCC/C=C/CC/C=C/CCCC(O)C(O)C(COC1OC(CO)C(O)C(O)C1O)NC(=O)C(O)CCCCCCCCCCCCCCCCCCCCCCCCCC. The maximum atomic E-state index is 13.2. The Balaban J connectivity index is 2.30. The summed E-state index contributed by atoms with van der Waals surface area (Å²) in [5.74, 6) is -0.705. The molecule has 0 aromatic rings. The molecule has 9 unspecified atom stereocenters. The third kappa shape index (κ3) is 38.2. The number of carbonyl (C=O) groups is 1. The first-order chi connectivity index (χ1) is 35.2. The number of aliphatic hydroxyl groups excluding tert-OH is 7. The molecule has 0 radical (unpaired) electrons. The van der Waals surface area contributed by atoms with Crippen molar-refractivity contribution in [1.29, 1.82) is 0 Å². The number of hydrogen-bond acceptors (Lipinski definition) is 10. The zero-order valence-corrected chi connectivity index (χ0v) is 46.7. The highest BCUT2D eigenvalue weighted by Crippen LogP contribution is 2.23. The van der Waals surface area contributed by atoms with Crippen LogP contribution in [0.5, 0.6) is 0 Å². The molecule has 72 heavy (non-hydrogen) atoms. The number of unbranched alkanes of at least 4 members (excludes halogenated alkanes) is 37. The Bertz CT molecular complexity index is 1220. The number of amides is 1. The van der Waals surface area contributed by atoms with E-state index in [0.29, 0.717) is 19.3 Å². The van der Waals surface area contributed by atoms with E-state index in [2.05, 4.69) is 43.5 Å². The highest BCUT2D eigenvalue weighted by atomic mass is 16.7. The van der Waals surface area contributed by atoms with Crippen LogP contribution in [-0.4, -0.2) is 110 Å². The summed E-state index contributed by atoms with van der Waals surface area (Å²) < 4.78 is 11.1. The fraction of sp³-hybridized carbons (Fsp3) is 0.918. The molecule has 1 aliphatic heterocycles. The summed E-state index contributed by atoms with van der Waals surface area (Å²) in [7, 11) is 0. The van der Waals surface area contributed by atoms with Gasteiger partial charge in [-0.3, -0.25) is 4.79 Å². The number of rotatable bonds is 53. The van der Waals surface area contributed by atoms with Gasteiger partial charge in [-0.25, -0.2) is 0 Å². The molecule has 0 aromatic heterocycles. The molecule has 0 bridgehead atoms. The summed E-state index contributed by atoms with van der Waals surface area (Å²) in [6.07, 6.45) is 49.5. The number of aliphatic hydroxyl groups is 7. The predicted molar refractivity (Wildman–Crippen MR) is 298 cm³/mol. The smallest absolute Gasteiger partial charge is 0.249 e. The molecule has 426 valence electrons. The van der Waals surface area contributed by atoms with Gasteiger partial charge in [0.1, 0.15) is 36.6 Å². The summed E-state index contributed by atoms with van der Waals surface area (Å²) in [6, 6.07) is -1.19. The van der Waals surface area contributed by atoms with Crippen molar-refractivity contribution in [1.82, 2.24) is 5.32 Å². The topological polar surface area (TPSA) is 189 Å². The lowest BCUT2D eigenvalue weighted by atomic mass is 9.98. The molecule has 8 N–H and O–H groups in total. The monoisotopic (exact) mass is 1020 g/mol. The highest BCUT2D eigenvalue weighted by Gasteiger charge is 2.44. The average Bonchev–Trinajstić information content (AvgIpc) is 3.38. The molecule has 1 rings (SSSR count). The van der Waals surface area contributed by atoms with Crippen molar-refractivity contribution in [2.24, 2.45) is 0 Å². The van der Waals surface area contributed by atoms with Gasteiger partial charge < -0.3 is 50.5 Å². The predicted octanol–water partition coefficient (Wildman–Crippen LogP) is 13.3. The fourth-order valence-corrected chi connectivity index (χ4v) is 9.99. The van der Waals surface area contributed by atoms with Gasteiger partial charge in [0.15, 0.2) is 6.29 Å². The van der Waals surface area contributed by atoms with Crippen molar-refractivity contribution in [3.05, 3.63) is 24.3 Å². The minimum absolute atomic E-state index is 0.249. The van der Waals surface area contributed by atoms with Gasteiger partial charge in [-0.1, -0.05) is 263 Å². The Morgan fingerprint density at radius 1 is 0.472 bits per heavy atom. The second kappa shape index (κ2) is 50.4. The third-order valence-corrected chi connectivity index (χ3v) is 15.0. The van der Waals surface area contributed by atoms with Gasteiger partial charge in [-0.05, 0) is 51.4 Å². The van der Waals surface area contributed by atoms with E-state index in [9.17, 15) is 40.5 Å². The molecular weight excluding hydrogens is 907 g/mol. The van der Waals surface area contributed by atoms with Crippen LogP contribution in [0.3, 0.4) is 0 Å². The van der Waals surface area contributed by atoms with Crippen LogP contribution in [0.2, 0.25) is 0 Å². The van der Waals surface area contributed by atoms with Gasteiger partial charge in [0.25, 0.3) is 0 Å². The van der Waals surface area contributed by atoms with Gasteiger partial charge in [0, 0.05) is 0 Å². The van der Waals surface area contributed by atoms with E-state index in [1.807, 2.05) is 0 Å². The van der Waals surface area contributed by atoms with Crippen molar-refractivity contribution in [3.8, 4) is 0 Å². The van der Waals surface area contributed by atoms with Gasteiger partial charge >= 0.3 is 0 Å². The number of allylic oxidation sites excluding steroid dienone is 4. The summed E-state index contributed by atoms with van der Waals surface area (Å²) in [6.45, 7) is 3.48. The molecule has 1 aliphatic rings. The van der Waals surface area contributed by atoms with E-state index in [4.69, 9.17) is 9.47 Å². The van der Waals surface area contributed by atoms with E-state index < -0.39 is 74.2 Å². The molecule has 0 saturated carbocycles. The van der Waals surface area contributed by atoms with Crippen molar-refractivity contribution in [2.45, 2.75) is 345 Å². The Hall–Kier alpha value is -1.41. The van der Waals surface area contributed by atoms with Crippen molar-refractivity contribution in [3.63, 3.8) is 0 Å². The number of carbonyl (C=O) groups excluding carboxylic acids is 1. The van der Waals surface area contributed by atoms with Crippen LogP contribution in [-0.2, 0) is 14.3 Å². The second-order valence-corrected chi connectivity index (χ2v) is 21.8. The van der Waals surface area contributed by atoms with Crippen molar-refractivity contribution < 1.29 is 50.0 Å². The molecular formula is C61H117NO10. The van der Waals surface area contributed by atoms with E-state index >= 15 is 0 Å². The number of ether oxygens (including phenoxy) is 2. The molecule has 1 amide bonds. The molecule has 1 heterocycles. The minimum atomic E-state index is -1.67. The Labute approximate surface area is 442 Å². The van der Waals surface area contributed by atoms with Gasteiger partial charge in [-0.15, -0.1) is 0 Å². The molecule has 11 nitrogen and oxygen atoms in total. The molecule has 0 aliphatic carbocycles. The number of hydrogen-bond donors (Lipinski definition) is 8. The van der Waals surface area contributed by atoms with Crippen molar-refractivity contribution in [2.75, 3.05) is 13.2 Å². The van der Waals surface area contributed by atoms with E-state index in [1.165, 1.54) is 205 Å². The zero-order valence-electron chi connectivity index (χ0n) is 46.7. The van der Waals surface area contributed by atoms with Crippen LogP contribution in [0.15, 0.2) is 24.3 Å². The lowest BCUT2D eigenvalue weighted by Crippen LogP contribution is -2.60. The Kier molecular flexibility index (Phi) is 48.0. The molecule has 0 spiro atoms. The maximum Gasteiger partial charge on any atom is 0.249 e. The van der Waals surface area contributed by atoms with Crippen LogP contribution < -0.4 is 5.32 Å². The summed E-state index contributed by atoms with van der Waals surface area (Å²) >= 11 is 0. The Morgan fingerprint density at radius 3 is 1.24 bits per heavy atom. The van der Waals surface area contributed by atoms with E-state index in [0.717, 1.165) is 38.5 Å². The normalized spacial score (nSPS) is 20.2. The van der Waals surface area contributed by atoms with Gasteiger partial charge in [0.2, 0.25) is 5.91 Å². The first-order valence-electron chi connectivity index (χ1n) is 30.7. The van der Waals surface area contributed by atoms with Crippen LogP contribution in [0.1, 0.15) is 290 Å². The average molecular weight is 1020 g/mol. The maximum absolute atomic E-state index is 13.2. The second-order valence-electron chi connectivity index (χ2n) is 21.8. The minimum Gasteiger partial charge on any atom is -0.394 e. The largest absolute Gasteiger partial charge is 0.394 e. The van der Waals surface area contributed by atoms with Gasteiger partial charge in [0.05, 0.1) is 25.4 Å². The first-order valence-corrected chi connectivity index (χ1v) is 30.7. The van der Waals surface area contributed by atoms with Crippen molar-refractivity contribution >= 4 is 5.91 Å². The standard InChI is InChI=1S/C61H117NO10/c1-3-5-7-9-11-13-15-17-19-21-23-25-26-27-29-31-33-35-37-39-41-43-45-47-49-54(65)60(70)62-52(51-71-61-59(69)58(68)57(67)55(50-63)72-61)56(66)53(64)48-46-44-42-40-38-36-34-32-30-28-24-22-20-18-16-14-12-10-8-6-4-2/h32,34,40,42,52-59,61,63-69H,3-31,33,35-39,41,43-51H2,1-2H3,(H,62,70)/b34-32+,42-40+. The lowest BCUT2D eigenvalue weighted by Gasteiger charge is -2.40. The molecule has 11 heteroatoms. The lowest BCUT2D eigenvalue weighted by molar-refractivity contribution is -0.303. The quantitative estimate of drug-likeness (QED) is 0.0215. The van der Waals surface area contributed by atoms with E-state index in [-0.39, 0.29) is 12.8 Å². The molecule has 1 fully saturated rings. The molecule has 9 atom stereocenters. The Morgan fingerprint density at radius 2 is 0.833 bits per heavy atom. The van der Waals surface area contributed by atoms with Crippen LogP contribution in [0.4, 0.5) is 0 Å². The highest BCUT2D eigenvalue weighted by molar-refractivity contribution is 5.80. The third-order valence-electron chi connectivity index (χ3n) is 15.0. The summed E-state index contributed by atoms with van der Waals surface area (Å²) in [4.78, 5) is 13.2. The summed E-state index contributed by atoms with van der Waals surface area (Å²) in [5.41, 5.74) is 0. The van der Waals surface area contributed by atoms with Crippen LogP contribution in [0.25, 0.3) is 0 Å². The molecule has 1 saturated heterocycles. The molecule has 0 aromatic carbocycles. The van der Waals surface area contributed by atoms with Crippen LogP contribution >= 0.6 is 0 Å². The number of nitrogens with one attached hydrogen (secondary N) is 1. The fourth-order valence-electron chi connectivity index (χ4n) is 9.99. The van der Waals surface area contributed by atoms with Gasteiger partial charge in [-0.2, -0.15) is 0 Å². The summed E-state index contributed by atoms with van der Waals surface area (Å²) in [5, 5.41) is 76.2. The first kappa shape index (κ1) is 68.6.